The van der Waals surface area contributed by atoms with Crippen LogP contribution in [0.2, 0.25) is 0 Å². The minimum absolute atomic E-state index is 0.0436. The molecule has 1 aromatic rings. The molecule has 6 nitrogen and oxygen atoms in total. The molecule has 2 fully saturated rings. The van der Waals surface area contributed by atoms with Crippen LogP contribution in [0.25, 0.3) is 0 Å². The molecule has 2 amide bonds. The largest absolute Gasteiger partial charge is 0.481 e. The zero-order valence-electron chi connectivity index (χ0n) is 13.8. The maximum Gasteiger partial charge on any atom is 0.307 e. The summed E-state index contributed by atoms with van der Waals surface area (Å²) in [7, 11) is 0. The van der Waals surface area contributed by atoms with Crippen LogP contribution in [0.1, 0.15) is 33.1 Å². The molecule has 0 bridgehead atoms. The molecule has 24 heavy (non-hydrogen) atoms. The van der Waals surface area contributed by atoms with E-state index in [2.05, 4.69) is 10.6 Å². The predicted molar refractivity (Wildman–Crippen MR) is 89.4 cm³/mol. The molecular weight excluding hydrogens is 308 g/mol. The third-order valence-electron chi connectivity index (χ3n) is 5.27. The van der Waals surface area contributed by atoms with Gasteiger partial charge in [-0.3, -0.25) is 14.4 Å². The molecule has 128 valence electrons. The third-order valence-corrected chi connectivity index (χ3v) is 5.27. The van der Waals surface area contributed by atoms with E-state index in [1.54, 1.807) is 38.1 Å². The minimum atomic E-state index is -0.936. The van der Waals surface area contributed by atoms with Crippen LogP contribution in [0.15, 0.2) is 24.3 Å². The molecule has 2 aliphatic carbocycles. The lowest BCUT2D eigenvalue weighted by molar-refractivity contribution is -0.140. The summed E-state index contributed by atoms with van der Waals surface area (Å²) in [5.41, 5.74) is 0.764. The Hall–Kier alpha value is -2.37. The van der Waals surface area contributed by atoms with Crippen molar-refractivity contribution in [1.29, 1.82) is 0 Å². The Balaban J connectivity index is 1.57. The Morgan fingerprint density at radius 2 is 1.46 bits per heavy atom. The van der Waals surface area contributed by atoms with E-state index in [-0.39, 0.29) is 17.7 Å². The fraction of sp³-hybridized carbons (Fsp3) is 0.500. The maximum absolute atomic E-state index is 12.3. The van der Waals surface area contributed by atoms with E-state index in [1.165, 1.54) is 0 Å². The number of carboxylic acid groups (broad SMARTS) is 1. The summed E-state index contributed by atoms with van der Waals surface area (Å²) in [6, 6.07) is 6.89. The fourth-order valence-electron chi connectivity index (χ4n) is 3.36. The Kier molecular flexibility index (Phi) is 4.07. The summed E-state index contributed by atoms with van der Waals surface area (Å²) in [6.07, 6.45) is 3.00. The van der Waals surface area contributed by atoms with Crippen LogP contribution < -0.4 is 10.6 Å². The van der Waals surface area contributed by atoms with Gasteiger partial charge < -0.3 is 15.7 Å². The number of hydrogen-bond donors (Lipinski definition) is 3. The van der Waals surface area contributed by atoms with Gasteiger partial charge >= 0.3 is 5.97 Å². The molecule has 0 heterocycles. The standard InChI is InChI=1S/C18H22N2O4/c1-18(2)13(14(18)17(23)24)16(22)20-12-8-6-11(7-9-12)19-15(21)10-4-3-5-10/h6-10,13-14H,3-5H2,1-2H3,(H,19,21)(H,20,22)(H,23,24)/t13-,14-/m1/s1. The van der Waals surface area contributed by atoms with E-state index in [9.17, 15) is 14.4 Å². The first-order valence-corrected chi connectivity index (χ1v) is 8.25. The van der Waals surface area contributed by atoms with E-state index < -0.39 is 23.2 Å². The molecule has 0 spiro atoms. The molecule has 3 rings (SSSR count). The Morgan fingerprint density at radius 1 is 0.958 bits per heavy atom. The van der Waals surface area contributed by atoms with E-state index >= 15 is 0 Å². The van der Waals surface area contributed by atoms with Crippen LogP contribution >= 0.6 is 0 Å². The Labute approximate surface area is 140 Å². The Bertz CT molecular complexity index is 677. The fourth-order valence-corrected chi connectivity index (χ4v) is 3.36. The normalized spacial score (nSPS) is 24.6. The quantitative estimate of drug-likeness (QED) is 0.773. The predicted octanol–water partition coefficient (Wildman–Crippen LogP) is 2.72. The van der Waals surface area contributed by atoms with E-state index in [0.29, 0.717) is 11.4 Å². The van der Waals surface area contributed by atoms with Crippen LogP contribution in [0.4, 0.5) is 11.4 Å². The molecule has 0 aromatic heterocycles. The molecule has 2 aliphatic rings. The second-order valence-corrected chi connectivity index (χ2v) is 7.30. The molecule has 1 aromatic carbocycles. The second-order valence-electron chi connectivity index (χ2n) is 7.30. The van der Waals surface area contributed by atoms with Gasteiger partial charge in [0.2, 0.25) is 11.8 Å². The van der Waals surface area contributed by atoms with E-state index in [4.69, 9.17) is 5.11 Å². The number of carboxylic acids is 1. The van der Waals surface area contributed by atoms with Crippen molar-refractivity contribution in [2.45, 2.75) is 33.1 Å². The van der Waals surface area contributed by atoms with Crippen LogP contribution in [0.3, 0.4) is 0 Å². The van der Waals surface area contributed by atoms with Gasteiger partial charge in [-0.1, -0.05) is 20.3 Å². The molecular formula is C18H22N2O4. The minimum Gasteiger partial charge on any atom is -0.481 e. The van der Waals surface area contributed by atoms with Crippen LogP contribution in [-0.4, -0.2) is 22.9 Å². The number of rotatable bonds is 5. The van der Waals surface area contributed by atoms with Crippen molar-refractivity contribution in [3.63, 3.8) is 0 Å². The molecule has 3 N–H and O–H groups in total. The average molecular weight is 330 g/mol. The van der Waals surface area contributed by atoms with Crippen molar-refractivity contribution >= 4 is 29.2 Å². The van der Waals surface area contributed by atoms with Gasteiger partial charge in [0.15, 0.2) is 0 Å². The number of carbonyl (C=O) groups is 3. The number of carbonyl (C=O) groups excluding carboxylic acids is 2. The highest BCUT2D eigenvalue weighted by atomic mass is 16.4. The number of amides is 2. The maximum atomic E-state index is 12.3. The van der Waals surface area contributed by atoms with Gasteiger partial charge in [-0.15, -0.1) is 0 Å². The lowest BCUT2D eigenvalue weighted by Crippen LogP contribution is -2.28. The Morgan fingerprint density at radius 3 is 1.83 bits per heavy atom. The van der Waals surface area contributed by atoms with Crippen LogP contribution in [0, 0.1) is 23.2 Å². The van der Waals surface area contributed by atoms with Crippen molar-refractivity contribution in [3.8, 4) is 0 Å². The summed E-state index contributed by atoms with van der Waals surface area (Å²) in [6.45, 7) is 3.57. The lowest BCUT2D eigenvalue weighted by Gasteiger charge is -2.24. The van der Waals surface area contributed by atoms with Crippen molar-refractivity contribution in [1.82, 2.24) is 0 Å². The summed E-state index contributed by atoms with van der Waals surface area (Å²) < 4.78 is 0. The first kappa shape index (κ1) is 16.5. The van der Waals surface area contributed by atoms with Gasteiger partial charge in [-0.25, -0.2) is 0 Å². The second kappa shape index (κ2) is 5.92. The highest BCUT2D eigenvalue weighted by Crippen LogP contribution is 2.58. The molecule has 0 unspecified atom stereocenters. The number of aliphatic carboxylic acids is 1. The van der Waals surface area contributed by atoms with Crippen LogP contribution in [-0.2, 0) is 14.4 Å². The summed E-state index contributed by atoms with van der Waals surface area (Å²) in [5, 5.41) is 14.8. The summed E-state index contributed by atoms with van der Waals surface area (Å²) in [5.74, 6) is -2.21. The molecule has 0 aliphatic heterocycles. The van der Waals surface area contributed by atoms with Crippen LogP contribution in [0.5, 0.6) is 0 Å². The number of hydrogen-bond acceptors (Lipinski definition) is 3. The third kappa shape index (κ3) is 3.00. The van der Waals surface area contributed by atoms with Gasteiger partial charge in [0.1, 0.15) is 0 Å². The molecule has 0 radical (unpaired) electrons. The van der Waals surface area contributed by atoms with Crippen molar-refractivity contribution in [2.75, 3.05) is 10.6 Å². The monoisotopic (exact) mass is 330 g/mol. The van der Waals surface area contributed by atoms with Gasteiger partial charge in [0, 0.05) is 17.3 Å². The first-order chi connectivity index (χ1) is 11.3. The van der Waals surface area contributed by atoms with Gasteiger partial charge in [0.05, 0.1) is 11.8 Å². The van der Waals surface area contributed by atoms with Crippen molar-refractivity contribution in [2.24, 2.45) is 23.2 Å². The molecule has 2 atom stereocenters. The summed E-state index contributed by atoms with van der Waals surface area (Å²) >= 11 is 0. The number of nitrogens with one attached hydrogen (secondary N) is 2. The summed E-state index contributed by atoms with van der Waals surface area (Å²) in [4.78, 5) is 35.3. The van der Waals surface area contributed by atoms with E-state index in [1.807, 2.05) is 0 Å². The highest BCUT2D eigenvalue weighted by molar-refractivity contribution is 6.00. The topological polar surface area (TPSA) is 95.5 Å². The molecule has 6 heteroatoms. The van der Waals surface area contributed by atoms with E-state index in [0.717, 1.165) is 19.3 Å². The zero-order valence-corrected chi connectivity index (χ0v) is 13.8. The van der Waals surface area contributed by atoms with Crippen molar-refractivity contribution in [3.05, 3.63) is 24.3 Å². The van der Waals surface area contributed by atoms with Gasteiger partial charge in [0.25, 0.3) is 0 Å². The van der Waals surface area contributed by atoms with Gasteiger partial charge in [-0.05, 0) is 42.5 Å². The smallest absolute Gasteiger partial charge is 0.307 e. The number of benzene rings is 1. The highest BCUT2D eigenvalue weighted by Gasteiger charge is 2.65. The SMILES string of the molecule is CC1(C)[C@@H](C(=O)O)[C@@H]1C(=O)Nc1ccc(NC(=O)C2CCC2)cc1. The van der Waals surface area contributed by atoms with Crippen molar-refractivity contribution < 1.29 is 19.5 Å². The van der Waals surface area contributed by atoms with Gasteiger partial charge in [-0.2, -0.15) is 0 Å². The number of anilines is 2. The zero-order chi connectivity index (χ0) is 17.5. The lowest BCUT2D eigenvalue weighted by atomic mass is 9.85. The molecule has 0 saturated heterocycles. The average Bonchev–Trinajstić information content (AvgIpc) is 3.02. The molecule has 2 saturated carbocycles. The first-order valence-electron chi connectivity index (χ1n) is 8.25.